The molecule has 0 aliphatic carbocycles. The van der Waals surface area contributed by atoms with E-state index in [1.807, 2.05) is 43.5 Å². The number of pyridine rings is 1. The summed E-state index contributed by atoms with van der Waals surface area (Å²) in [6.07, 6.45) is 3.19. The van der Waals surface area contributed by atoms with Crippen LogP contribution in [-0.4, -0.2) is 37.1 Å². The third-order valence-corrected chi connectivity index (χ3v) is 4.55. The molecule has 6 heteroatoms. The van der Waals surface area contributed by atoms with Crippen LogP contribution in [0, 0.1) is 0 Å². The average Bonchev–Trinajstić information content (AvgIpc) is 2.63. The molecule has 0 atom stereocenters. The lowest BCUT2D eigenvalue weighted by molar-refractivity contribution is -0.116. The van der Waals surface area contributed by atoms with E-state index >= 15 is 0 Å². The minimum atomic E-state index is 0.0119. The number of carbonyl (C=O) groups is 1. The summed E-state index contributed by atoms with van der Waals surface area (Å²) >= 11 is 6.08. The fourth-order valence-electron chi connectivity index (χ4n) is 2.98. The van der Waals surface area contributed by atoms with Crippen molar-refractivity contribution in [1.82, 2.24) is 4.98 Å². The van der Waals surface area contributed by atoms with Gasteiger partial charge in [-0.15, -0.1) is 0 Å². The van der Waals surface area contributed by atoms with Gasteiger partial charge in [-0.25, -0.2) is 4.98 Å². The molecule has 1 fully saturated rings. The van der Waals surface area contributed by atoms with Crippen LogP contribution in [0.3, 0.4) is 0 Å². The van der Waals surface area contributed by atoms with Crippen LogP contribution in [-0.2, 0) is 4.79 Å². The van der Waals surface area contributed by atoms with Crippen molar-refractivity contribution in [2.24, 2.45) is 0 Å². The molecule has 1 N–H and O–H groups in total. The predicted octanol–water partition coefficient (Wildman–Crippen LogP) is 3.80. The van der Waals surface area contributed by atoms with Crippen LogP contribution in [0.15, 0.2) is 42.6 Å². The van der Waals surface area contributed by atoms with Gasteiger partial charge in [-0.2, -0.15) is 0 Å². The summed E-state index contributed by atoms with van der Waals surface area (Å²) in [6.45, 7) is 5.72. The highest BCUT2D eigenvalue weighted by Gasteiger charge is 2.18. The number of piperazine rings is 1. The average molecular weight is 359 g/mol. The summed E-state index contributed by atoms with van der Waals surface area (Å²) in [4.78, 5) is 20.6. The van der Waals surface area contributed by atoms with Crippen LogP contribution in [0.4, 0.5) is 17.2 Å². The van der Waals surface area contributed by atoms with E-state index in [1.165, 1.54) is 5.69 Å². The molecule has 0 spiro atoms. The van der Waals surface area contributed by atoms with Gasteiger partial charge >= 0.3 is 0 Å². The van der Waals surface area contributed by atoms with Gasteiger partial charge in [0.05, 0.1) is 11.9 Å². The van der Waals surface area contributed by atoms with Gasteiger partial charge in [0.15, 0.2) is 0 Å². The zero-order chi connectivity index (χ0) is 17.6. The molecule has 1 aliphatic heterocycles. The Morgan fingerprint density at radius 3 is 2.44 bits per heavy atom. The molecular weight excluding hydrogens is 336 g/mol. The van der Waals surface area contributed by atoms with E-state index < -0.39 is 0 Å². The Morgan fingerprint density at radius 1 is 1.12 bits per heavy atom. The third-order valence-electron chi connectivity index (χ3n) is 4.31. The van der Waals surface area contributed by atoms with E-state index in [0.29, 0.717) is 12.2 Å². The quantitative estimate of drug-likeness (QED) is 0.883. The van der Waals surface area contributed by atoms with E-state index in [0.717, 1.165) is 43.3 Å². The SMILES string of the molecule is CCCC(=O)Nc1ccc(N2CCN(c3cccc(Cl)c3)CC2)cn1. The van der Waals surface area contributed by atoms with Crippen molar-refractivity contribution in [3.05, 3.63) is 47.6 Å². The predicted molar refractivity (Wildman–Crippen MR) is 104 cm³/mol. The maximum absolute atomic E-state index is 11.6. The minimum absolute atomic E-state index is 0.0119. The van der Waals surface area contributed by atoms with Crippen LogP contribution in [0.25, 0.3) is 0 Å². The molecule has 0 unspecified atom stereocenters. The van der Waals surface area contributed by atoms with E-state index in [1.54, 1.807) is 0 Å². The van der Waals surface area contributed by atoms with Gasteiger partial charge in [0.25, 0.3) is 0 Å². The summed E-state index contributed by atoms with van der Waals surface area (Å²) in [6, 6.07) is 11.9. The van der Waals surface area contributed by atoms with Gasteiger partial charge in [0, 0.05) is 43.3 Å². The summed E-state index contributed by atoms with van der Waals surface area (Å²) in [5.41, 5.74) is 2.25. The number of hydrogen-bond donors (Lipinski definition) is 1. The third kappa shape index (κ3) is 4.63. The topological polar surface area (TPSA) is 48.5 Å². The number of aromatic nitrogens is 1. The lowest BCUT2D eigenvalue weighted by Crippen LogP contribution is -2.46. The van der Waals surface area contributed by atoms with Gasteiger partial charge in [0.1, 0.15) is 5.82 Å². The molecule has 3 rings (SSSR count). The Balaban J connectivity index is 1.56. The molecule has 1 aromatic heterocycles. The molecule has 1 amide bonds. The van der Waals surface area contributed by atoms with Crippen molar-refractivity contribution >= 4 is 34.7 Å². The first-order chi connectivity index (χ1) is 12.2. The molecule has 0 saturated carbocycles. The van der Waals surface area contributed by atoms with Crippen LogP contribution >= 0.6 is 11.6 Å². The molecule has 2 aromatic rings. The van der Waals surface area contributed by atoms with Crippen LogP contribution in [0.1, 0.15) is 19.8 Å². The smallest absolute Gasteiger partial charge is 0.225 e. The Morgan fingerprint density at radius 2 is 1.84 bits per heavy atom. The Bertz CT molecular complexity index is 712. The first-order valence-corrected chi connectivity index (χ1v) is 9.05. The van der Waals surface area contributed by atoms with Gasteiger partial charge in [-0.05, 0) is 36.8 Å². The van der Waals surface area contributed by atoms with E-state index in [-0.39, 0.29) is 5.91 Å². The maximum Gasteiger partial charge on any atom is 0.225 e. The molecule has 5 nitrogen and oxygen atoms in total. The molecule has 25 heavy (non-hydrogen) atoms. The second kappa shape index (κ2) is 8.21. The normalized spacial score (nSPS) is 14.5. The molecule has 0 radical (unpaired) electrons. The number of nitrogens with zero attached hydrogens (tertiary/aromatic N) is 3. The fraction of sp³-hybridized carbons (Fsp3) is 0.368. The number of halogens is 1. The Hall–Kier alpha value is -2.27. The van der Waals surface area contributed by atoms with Crippen LogP contribution in [0.2, 0.25) is 5.02 Å². The molecule has 1 saturated heterocycles. The van der Waals surface area contributed by atoms with Crippen LogP contribution in [0.5, 0.6) is 0 Å². The number of amides is 1. The van der Waals surface area contributed by atoms with Crippen LogP contribution < -0.4 is 15.1 Å². The van der Waals surface area contributed by atoms with Crippen molar-refractivity contribution in [3.8, 4) is 0 Å². The number of hydrogen-bond acceptors (Lipinski definition) is 4. The standard InChI is InChI=1S/C19H23ClN4O/c1-2-4-19(25)22-18-8-7-17(14-21-18)24-11-9-23(10-12-24)16-6-3-5-15(20)13-16/h3,5-8,13-14H,2,4,9-12H2,1H3,(H,21,22,25). The number of nitrogens with one attached hydrogen (secondary N) is 1. The zero-order valence-electron chi connectivity index (χ0n) is 14.4. The molecule has 2 heterocycles. The number of rotatable bonds is 5. The second-order valence-corrected chi connectivity index (χ2v) is 6.59. The summed E-state index contributed by atoms with van der Waals surface area (Å²) in [5.74, 6) is 0.623. The van der Waals surface area contributed by atoms with E-state index in [4.69, 9.17) is 11.6 Å². The number of carbonyl (C=O) groups excluding carboxylic acids is 1. The second-order valence-electron chi connectivity index (χ2n) is 6.15. The monoisotopic (exact) mass is 358 g/mol. The molecule has 1 aliphatic rings. The molecule has 1 aromatic carbocycles. The first-order valence-electron chi connectivity index (χ1n) is 8.67. The number of benzene rings is 1. The van der Waals surface area contributed by atoms with E-state index in [2.05, 4.69) is 26.2 Å². The maximum atomic E-state index is 11.6. The lowest BCUT2D eigenvalue weighted by atomic mass is 10.2. The molecule has 0 bridgehead atoms. The largest absolute Gasteiger partial charge is 0.368 e. The Labute approximate surface area is 153 Å². The van der Waals surface area contributed by atoms with Gasteiger partial charge in [-0.1, -0.05) is 24.6 Å². The summed E-state index contributed by atoms with van der Waals surface area (Å²) in [7, 11) is 0. The van der Waals surface area contributed by atoms with Gasteiger partial charge in [0.2, 0.25) is 5.91 Å². The lowest BCUT2D eigenvalue weighted by Gasteiger charge is -2.37. The molecular formula is C19H23ClN4O. The Kier molecular flexibility index (Phi) is 5.76. The van der Waals surface area contributed by atoms with Crippen molar-refractivity contribution < 1.29 is 4.79 Å². The zero-order valence-corrected chi connectivity index (χ0v) is 15.2. The van der Waals surface area contributed by atoms with Crippen molar-refractivity contribution in [2.75, 3.05) is 41.3 Å². The van der Waals surface area contributed by atoms with Gasteiger partial charge < -0.3 is 15.1 Å². The highest BCUT2D eigenvalue weighted by atomic mass is 35.5. The highest BCUT2D eigenvalue weighted by Crippen LogP contribution is 2.23. The number of anilines is 3. The van der Waals surface area contributed by atoms with Crippen molar-refractivity contribution in [3.63, 3.8) is 0 Å². The van der Waals surface area contributed by atoms with Crippen molar-refractivity contribution in [2.45, 2.75) is 19.8 Å². The van der Waals surface area contributed by atoms with Gasteiger partial charge in [-0.3, -0.25) is 4.79 Å². The highest BCUT2D eigenvalue weighted by molar-refractivity contribution is 6.30. The van der Waals surface area contributed by atoms with E-state index in [9.17, 15) is 4.79 Å². The fourth-order valence-corrected chi connectivity index (χ4v) is 3.16. The minimum Gasteiger partial charge on any atom is -0.368 e. The van der Waals surface area contributed by atoms with Crippen molar-refractivity contribution in [1.29, 1.82) is 0 Å². The first kappa shape index (κ1) is 17.5. The summed E-state index contributed by atoms with van der Waals surface area (Å²) in [5, 5.41) is 3.59. The summed E-state index contributed by atoms with van der Waals surface area (Å²) < 4.78 is 0. The molecule has 132 valence electrons.